The van der Waals surface area contributed by atoms with Crippen LogP contribution in [-0.2, 0) is 11.2 Å². The molecule has 0 radical (unpaired) electrons. The van der Waals surface area contributed by atoms with Gasteiger partial charge in [0, 0.05) is 32.1 Å². The number of nitrogens with one attached hydrogen (secondary N) is 1. The molecular weight excluding hydrogens is 362 g/mol. The second-order valence-electron chi connectivity index (χ2n) is 7.88. The maximum absolute atomic E-state index is 11.4. The third-order valence-corrected chi connectivity index (χ3v) is 5.74. The Balaban J connectivity index is 2.11. The van der Waals surface area contributed by atoms with Crippen molar-refractivity contribution >= 4 is 11.9 Å². The lowest BCUT2D eigenvalue weighted by atomic mass is 9.95. The van der Waals surface area contributed by atoms with E-state index in [9.17, 15) is 4.79 Å². The van der Waals surface area contributed by atoms with Gasteiger partial charge < -0.3 is 16.0 Å². The van der Waals surface area contributed by atoms with E-state index in [1.165, 1.54) is 5.56 Å². The molecule has 6 nitrogen and oxygen atoms in total. The predicted octanol–water partition coefficient (Wildman–Crippen LogP) is 2.49. The molecule has 162 valence electrons. The summed E-state index contributed by atoms with van der Waals surface area (Å²) < 4.78 is 0. The van der Waals surface area contributed by atoms with Crippen LogP contribution in [0, 0.1) is 5.92 Å². The van der Waals surface area contributed by atoms with Gasteiger partial charge in [0.1, 0.15) is 0 Å². The van der Waals surface area contributed by atoms with Gasteiger partial charge in [-0.15, -0.1) is 0 Å². The van der Waals surface area contributed by atoms with E-state index in [0.29, 0.717) is 18.4 Å². The Bertz CT molecular complexity index is 629. The lowest BCUT2D eigenvalue weighted by Crippen LogP contribution is -2.48. The Hall–Kier alpha value is -2.08. The molecule has 1 aliphatic rings. The Labute approximate surface area is 176 Å². The number of benzene rings is 1. The van der Waals surface area contributed by atoms with Gasteiger partial charge in [-0.2, -0.15) is 0 Å². The van der Waals surface area contributed by atoms with E-state index >= 15 is 0 Å². The first-order valence-corrected chi connectivity index (χ1v) is 11.2. The zero-order valence-corrected chi connectivity index (χ0v) is 18.4. The van der Waals surface area contributed by atoms with Gasteiger partial charge in [0.2, 0.25) is 5.91 Å². The van der Waals surface area contributed by atoms with Crippen molar-refractivity contribution in [3.05, 3.63) is 35.9 Å². The highest BCUT2D eigenvalue weighted by Gasteiger charge is 2.24. The maximum Gasteiger partial charge on any atom is 0.217 e. The Kier molecular flexibility index (Phi) is 9.98. The van der Waals surface area contributed by atoms with Gasteiger partial charge in [-0.05, 0) is 50.8 Å². The van der Waals surface area contributed by atoms with Crippen molar-refractivity contribution in [2.45, 2.75) is 52.5 Å². The highest BCUT2D eigenvalue weighted by atomic mass is 16.1. The standard InChI is InChI=1S/C23H39N5O/c1-4-25-23(28-14-10-13-20(18-28)16-22(24)29)26-17-21(27(5-2)6-3)15-19-11-8-7-9-12-19/h7-9,11-12,20-21H,4-6,10,13-18H2,1-3H3,(H2,24,29)(H,25,26). The minimum atomic E-state index is -0.205. The van der Waals surface area contributed by atoms with Crippen LogP contribution in [0.15, 0.2) is 35.3 Å². The number of carbonyl (C=O) groups is 1. The average Bonchev–Trinajstić information content (AvgIpc) is 2.72. The van der Waals surface area contributed by atoms with E-state index in [1.54, 1.807) is 0 Å². The summed E-state index contributed by atoms with van der Waals surface area (Å²) in [6.07, 6.45) is 3.60. The molecule has 1 aromatic rings. The van der Waals surface area contributed by atoms with E-state index < -0.39 is 0 Å². The van der Waals surface area contributed by atoms with Crippen molar-refractivity contribution in [3.63, 3.8) is 0 Å². The second kappa shape index (κ2) is 12.5. The molecule has 1 aliphatic heterocycles. The van der Waals surface area contributed by atoms with E-state index in [4.69, 9.17) is 10.7 Å². The monoisotopic (exact) mass is 401 g/mol. The number of nitrogens with two attached hydrogens (primary N) is 1. The van der Waals surface area contributed by atoms with Gasteiger partial charge in [0.15, 0.2) is 5.96 Å². The molecule has 29 heavy (non-hydrogen) atoms. The third kappa shape index (κ3) is 7.69. The molecule has 2 rings (SSSR count). The van der Waals surface area contributed by atoms with Gasteiger partial charge in [-0.3, -0.25) is 14.7 Å². The number of rotatable bonds is 10. The van der Waals surface area contributed by atoms with E-state index in [2.05, 4.69) is 66.2 Å². The number of nitrogens with zero attached hydrogens (tertiary/aromatic N) is 3. The summed E-state index contributed by atoms with van der Waals surface area (Å²) >= 11 is 0. The first kappa shape index (κ1) is 23.2. The number of carbonyl (C=O) groups excluding carboxylic acids is 1. The lowest BCUT2D eigenvalue weighted by Gasteiger charge is -2.35. The van der Waals surface area contributed by atoms with Crippen molar-refractivity contribution < 1.29 is 4.79 Å². The molecule has 3 N–H and O–H groups in total. The van der Waals surface area contributed by atoms with Crippen LogP contribution in [0.2, 0.25) is 0 Å². The number of hydrogen-bond donors (Lipinski definition) is 2. The molecular formula is C23H39N5O. The molecule has 2 unspecified atom stereocenters. The molecule has 1 aromatic carbocycles. The van der Waals surface area contributed by atoms with E-state index in [1.807, 2.05) is 0 Å². The zero-order chi connectivity index (χ0) is 21.1. The Morgan fingerprint density at radius 3 is 2.62 bits per heavy atom. The summed E-state index contributed by atoms with van der Waals surface area (Å²) in [4.78, 5) is 21.2. The van der Waals surface area contributed by atoms with Crippen LogP contribution in [-0.4, -0.2) is 67.0 Å². The molecule has 1 saturated heterocycles. The van der Waals surface area contributed by atoms with Crippen LogP contribution in [0.4, 0.5) is 0 Å². The molecule has 0 aliphatic carbocycles. The van der Waals surface area contributed by atoms with Gasteiger partial charge in [-0.25, -0.2) is 0 Å². The first-order chi connectivity index (χ1) is 14.1. The molecule has 1 amide bonds. The summed E-state index contributed by atoms with van der Waals surface area (Å²) in [6.45, 7) is 12.0. The number of primary amides is 1. The minimum absolute atomic E-state index is 0.205. The summed E-state index contributed by atoms with van der Waals surface area (Å²) in [5.74, 6) is 1.09. The lowest BCUT2D eigenvalue weighted by molar-refractivity contribution is -0.119. The summed E-state index contributed by atoms with van der Waals surface area (Å²) in [5, 5.41) is 3.46. The van der Waals surface area contributed by atoms with Crippen LogP contribution < -0.4 is 11.1 Å². The van der Waals surface area contributed by atoms with Crippen LogP contribution in [0.1, 0.15) is 45.6 Å². The van der Waals surface area contributed by atoms with Gasteiger partial charge >= 0.3 is 0 Å². The number of piperidine rings is 1. The number of aliphatic imine (C=N–C) groups is 1. The van der Waals surface area contributed by atoms with Crippen LogP contribution in [0.25, 0.3) is 0 Å². The third-order valence-electron chi connectivity index (χ3n) is 5.74. The number of likely N-dealkylation sites (tertiary alicyclic amines) is 1. The quantitative estimate of drug-likeness (QED) is 0.467. The highest BCUT2D eigenvalue weighted by Crippen LogP contribution is 2.19. The van der Waals surface area contributed by atoms with Gasteiger partial charge in [0.25, 0.3) is 0 Å². The van der Waals surface area contributed by atoms with Gasteiger partial charge in [-0.1, -0.05) is 44.2 Å². The Morgan fingerprint density at radius 2 is 2.00 bits per heavy atom. The SMILES string of the molecule is CCNC(=NCC(Cc1ccccc1)N(CC)CC)N1CCCC(CC(N)=O)C1. The maximum atomic E-state index is 11.4. The largest absolute Gasteiger partial charge is 0.370 e. The molecule has 2 atom stereocenters. The zero-order valence-electron chi connectivity index (χ0n) is 18.4. The normalized spacial score (nSPS) is 18.7. The molecule has 1 heterocycles. The average molecular weight is 402 g/mol. The number of amides is 1. The predicted molar refractivity (Wildman–Crippen MR) is 121 cm³/mol. The topological polar surface area (TPSA) is 74.0 Å². The molecule has 0 bridgehead atoms. The van der Waals surface area contributed by atoms with Crippen molar-refractivity contribution in [1.29, 1.82) is 0 Å². The van der Waals surface area contributed by atoms with E-state index in [-0.39, 0.29) is 5.91 Å². The minimum Gasteiger partial charge on any atom is -0.370 e. The second-order valence-corrected chi connectivity index (χ2v) is 7.88. The van der Waals surface area contributed by atoms with E-state index in [0.717, 1.165) is 64.5 Å². The number of likely N-dealkylation sites (N-methyl/N-ethyl adjacent to an activating group) is 1. The Morgan fingerprint density at radius 1 is 1.28 bits per heavy atom. The fraction of sp³-hybridized carbons (Fsp3) is 0.652. The van der Waals surface area contributed by atoms with Crippen LogP contribution in [0.5, 0.6) is 0 Å². The fourth-order valence-electron chi connectivity index (χ4n) is 4.26. The summed E-state index contributed by atoms with van der Waals surface area (Å²) in [7, 11) is 0. The van der Waals surface area contributed by atoms with Crippen molar-refractivity contribution in [2.24, 2.45) is 16.6 Å². The van der Waals surface area contributed by atoms with Crippen molar-refractivity contribution in [3.8, 4) is 0 Å². The summed E-state index contributed by atoms with van der Waals surface area (Å²) in [6, 6.07) is 11.0. The summed E-state index contributed by atoms with van der Waals surface area (Å²) in [5.41, 5.74) is 6.78. The molecule has 0 aromatic heterocycles. The van der Waals surface area contributed by atoms with Crippen LogP contribution in [0.3, 0.4) is 0 Å². The number of guanidine groups is 1. The van der Waals surface area contributed by atoms with Crippen molar-refractivity contribution in [1.82, 2.24) is 15.1 Å². The highest BCUT2D eigenvalue weighted by molar-refractivity contribution is 5.80. The molecule has 0 spiro atoms. The molecule has 0 saturated carbocycles. The van der Waals surface area contributed by atoms with Gasteiger partial charge in [0.05, 0.1) is 6.54 Å². The first-order valence-electron chi connectivity index (χ1n) is 11.2. The molecule has 6 heteroatoms. The smallest absolute Gasteiger partial charge is 0.217 e. The molecule has 1 fully saturated rings. The van der Waals surface area contributed by atoms with Crippen LogP contribution >= 0.6 is 0 Å². The van der Waals surface area contributed by atoms with Crippen molar-refractivity contribution in [2.75, 3.05) is 39.3 Å². The fourth-order valence-corrected chi connectivity index (χ4v) is 4.26. The number of hydrogen-bond acceptors (Lipinski definition) is 3.